The van der Waals surface area contributed by atoms with Crippen LogP contribution in [0.4, 0.5) is 24.5 Å². The molecule has 2 aromatic carbocycles. The molecule has 1 atom stereocenters. The SMILES string of the molecule is C[C@H]1Cc2ccccc2N1C(=O)CNc1ccc(C(F)(F)F)cc1. The van der Waals surface area contributed by atoms with Gasteiger partial charge in [-0.15, -0.1) is 0 Å². The monoisotopic (exact) mass is 334 g/mol. The number of halogens is 3. The van der Waals surface area contributed by atoms with Crippen molar-refractivity contribution >= 4 is 17.3 Å². The van der Waals surface area contributed by atoms with Crippen molar-refractivity contribution in [2.24, 2.45) is 0 Å². The van der Waals surface area contributed by atoms with Crippen LogP contribution in [0, 0.1) is 0 Å². The molecule has 0 radical (unpaired) electrons. The molecule has 1 heterocycles. The van der Waals surface area contributed by atoms with Gasteiger partial charge >= 0.3 is 6.18 Å². The van der Waals surface area contributed by atoms with E-state index in [0.29, 0.717) is 5.69 Å². The maximum Gasteiger partial charge on any atom is 0.416 e. The quantitative estimate of drug-likeness (QED) is 0.917. The molecule has 0 saturated carbocycles. The fourth-order valence-electron chi connectivity index (χ4n) is 2.99. The predicted molar refractivity (Wildman–Crippen MR) is 87.0 cm³/mol. The molecule has 24 heavy (non-hydrogen) atoms. The average molecular weight is 334 g/mol. The summed E-state index contributed by atoms with van der Waals surface area (Å²) in [5, 5.41) is 2.89. The molecule has 3 nitrogen and oxygen atoms in total. The maximum absolute atomic E-state index is 12.5. The van der Waals surface area contributed by atoms with Gasteiger partial charge in [0.1, 0.15) is 0 Å². The average Bonchev–Trinajstić information content (AvgIpc) is 2.88. The van der Waals surface area contributed by atoms with Crippen LogP contribution < -0.4 is 10.2 Å². The highest BCUT2D eigenvalue weighted by Gasteiger charge is 2.31. The van der Waals surface area contributed by atoms with Crippen LogP contribution in [0.2, 0.25) is 0 Å². The summed E-state index contributed by atoms with van der Waals surface area (Å²) >= 11 is 0. The van der Waals surface area contributed by atoms with Crippen LogP contribution in [0.5, 0.6) is 0 Å². The van der Waals surface area contributed by atoms with Gasteiger partial charge in [0.25, 0.3) is 0 Å². The lowest BCUT2D eigenvalue weighted by molar-refractivity contribution is -0.137. The van der Waals surface area contributed by atoms with Crippen molar-refractivity contribution in [1.82, 2.24) is 0 Å². The second kappa shape index (κ2) is 6.19. The van der Waals surface area contributed by atoms with Gasteiger partial charge in [-0.05, 0) is 49.2 Å². The second-order valence-electron chi connectivity index (χ2n) is 5.87. The number of nitrogens with one attached hydrogen (secondary N) is 1. The lowest BCUT2D eigenvalue weighted by atomic mass is 10.1. The van der Waals surface area contributed by atoms with Crippen LogP contribution in [0.3, 0.4) is 0 Å². The molecule has 0 aromatic heterocycles. The molecule has 0 spiro atoms. The first-order valence-electron chi connectivity index (χ1n) is 7.67. The molecule has 0 unspecified atom stereocenters. The highest BCUT2D eigenvalue weighted by atomic mass is 19.4. The summed E-state index contributed by atoms with van der Waals surface area (Å²) in [6.07, 6.45) is -3.55. The molecule has 1 N–H and O–H groups in total. The number of para-hydroxylation sites is 1. The molecule has 0 bridgehead atoms. The zero-order valence-corrected chi connectivity index (χ0v) is 13.1. The van der Waals surface area contributed by atoms with Gasteiger partial charge in [-0.3, -0.25) is 4.79 Å². The summed E-state index contributed by atoms with van der Waals surface area (Å²) < 4.78 is 37.6. The first-order chi connectivity index (χ1) is 11.4. The van der Waals surface area contributed by atoms with Gasteiger partial charge in [-0.2, -0.15) is 13.2 Å². The van der Waals surface area contributed by atoms with Gasteiger partial charge in [-0.1, -0.05) is 18.2 Å². The number of amides is 1. The van der Waals surface area contributed by atoms with E-state index in [9.17, 15) is 18.0 Å². The van der Waals surface area contributed by atoms with Crippen LogP contribution in [0.15, 0.2) is 48.5 Å². The number of alkyl halides is 3. The third kappa shape index (κ3) is 3.22. The van der Waals surface area contributed by atoms with Gasteiger partial charge < -0.3 is 10.2 Å². The topological polar surface area (TPSA) is 32.3 Å². The van der Waals surface area contributed by atoms with Gasteiger partial charge in [0.15, 0.2) is 0 Å². The molecular weight excluding hydrogens is 317 g/mol. The third-order valence-electron chi connectivity index (χ3n) is 4.13. The zero-order chi connectivity index (χ0) is 17.3. The Morgan fingerprint density at radius 1 is 1.17 bits per heavy atom. The number of carbonyl (C=O) groups is 1. The molecule has 6 heteroatoms. The van der Waals surface area contributed by atoms with E-state index in [1.165, 1.54) is 12.1 Å². The molecule has 0 saturated heterocycles. The number of nitrogens with zero attached hydrogens (tertiary/aromatic N) is 1. The number of anilines is 2. The van der Waals surface area contributed by atoms with Crippen molar-refractivity contribution in [1.29, 1.82) is 0 Å². The van der Waals surface area contributed by atoms with Crippen molar-refractivity contribution in [3.63, 3.8) is 0 Å². The number of rotatable bonds is 3. The molecule has 126 valence electrons. The van der Waals surface area contributed by atoms with E-state index < -0.39 is 11.7 Å². The van der Waals surface area contributed by atoms with Gasteiger partial charge in [0.2, 0.25) is 5.91 Å². The molecule has 2 aromatic rings. The molecule has 0 aliphatic carbocycles. The lowest BCUT2D eigenvalue weighted by Gasteiger charge is -2.23. The highest BCUT2D eigenvalue weighted by Crippen LogP contribution is 2.32. The van der Waals surface area contributed by atoms with Crippen molar-refractivity contribution in [2.45, 2.75) is 25.6 Å². The van der Waals surface area contributed by atoms with Crippen molar-refractivity contribution in [3.8, 4) is 0 Å². The lowest BCUT2D eigenvalue weighted by Crippen LogP contribution is -2.39. The van der Waals surface area contributed by atoms with Gasteiger partial charge in [-0.25, -0.2) is 0 Å². The van der Waals surface area contributed by atoms with Crippen molar-refractivity contribution < 1.29 is 18.0 Å². The van der Waals surface area contributed by atoms with Crippen LogP contribution >= 0.6 is 0 Å². The predicted octanol–water partition coefficient (Wildman–Crippen LogP) is 4.10. The summed E-state index contributed by atoms with van der Waals surface area (Å²) in [5.74, 6) is -0.104. The molecule has 1 aliphatic heterocycles. The Kier molecular flexibility index (Phi) is 4.22. The number of fused-ring (bicyclic) bond motifs is 1. The van der Waals surface area contributed by atoms with Crippen molar-refractivity contribution in [2.75, 3.05) is 16.8 Å². The van der Waals surface area contributed by atoms with Crippen LogP contribution in [-0.4, -0.2) is 18.5 Å². The zero-order valence-electron chi connectivity index (χ0n) is 13.1. The first kappa shape index (κ1) is 16.4. The summed E-state index contributed by atoms with van der Waals surface area (Å²) in [4.78, 5) is 14.2. The standard InChI is InChI=1S/C18H17F3N2O/c1-12-10-13-4-2-3-5-16(13)23(12)17(24)11-22-15-8-6-14(7-9-15)18(19,20)21/h2-9,12,22H,10-11H2,1H3/t12-/m0/s1. The normalized spacial score (nSPS) is 16.8. The fraction of sp³-hybridized carbons (Fsp3) is 0.278. The van der Waals surface area contributed by atoms with E-state index in [0.717, 1.165) is 29.8 Å². The molecule has 3 rings (SSSR count). The Labute approximate surface area is 138 Å². The van der Waals surface area contributed by atoms with E-state index in [2.05, 4.69) is 5.32 Å². The molecular formula is C18H17F3N2O. The van der Waals surface area contributed by atoms with Crippen LogP contribution in [0.25, 0.3) is 0 Å². The Balaban J connectivity index is 1.66. The Morgan fingerprint density at radius 2 is 1.83 bits per heavy atom. The van der Waals surface area contributed by atoms with E-state index >= 15 is 0 Å². The summed E-state index contributed by atoms with van der Waals surface area (Å²) in [6.45, 7) is 2.01. The Hall–Kier alpha value is -2.50. The van der Waals surface area contributed by atoms with Gasteiger partial charge in [0, 0.05) is 17.4 Å². The summed E-state index contributed by atoms with van der Waals surface area (Å²) in [5.41, 5.74) is 1.81. The largest absolute Gasteiger partial charge is 0.416 e. The van der Waals surface area contributed by atoms with E-state index in [1.807, 2.05) is 31.2 Å². The molecule has 0 fully saturated rings. The van der Waals surface area contributed by atoms with Crippen molar-refractivity contribution in [3.05, 3.63) is 59.7 Å². The minimum absolute atomic E-state index is 0.0318. The number of hydrogen-bond acceptors (Lipinski definition) is 2. The fourth-order valence-corrected chi connectivity index (χ4v) is 2.99. The van der Waals surface area contributed by atoms with E-state index in [4.69, 9.17) is 0 Å². The first-order valence-corrected chi connectivity index (χ1v) is 7.67. The minimum atomic E-state index is -4.36. The van der Waals surface area contributed by atoms with E-state index in [-0.39, 0.29) is 18.5 Å². The Morgan fingerprint density at radius 3 is 2.50 bits per heavy atom. The van der Waals surface area contributed by atoms with Crippen LogP contribution in [0.1, 0.15) is 18.1 Å². The second-order valence-corrected chi connectivity index (χ2v) is 5.87. The number of hydrogen-bond donors (Lipinski definition) is 1. The summed E-state index contributed by atoms with van der Waals surface area (Å²) in [6, 6.07) is 12.5. The van der Waals surface area contributed by atoms with Crippen LogP contribution in [-0.2, 0) is 17.4 Å². The molecule has 1 amide bonds. The highest BCUT2D eigenvalue weighted by molar-refractivity contribution is 5.98. The third-order valence-corrected chi connectivity index (χ3v) is 4.13. The maximum atomic E-state index is 12.5. The molecule has 1 aliphatic rings. The van der Waals surface area contributed by atoms with E-state index in [1.54, 1.807) is 4.90 Å². The van der Waals surface area contributed by atoms with Gasteiger partial charge in [0.05, 0.1) is 12.1 Å². The number of benzene rings is 2. The smallest absolute Gasteiger partial charge is 0.376 e. The number of carbonyl (C=O) groups excluding carboxylic acids is 1. The Bertz CT molecular complexity index is 741. The minimum Gasteiger partial charge on any atom is -0.376 e. The summed E-state index contributed by atoms with van der Waals surface area (Å²) in [7, 11) is 0.